The maximum Gasteiger partial charge on any atom is 0.162 e. The Hall–Kier alpha value is -2.01. The zero-order chi connectivity index (χ0) is 14.9. The number of fused-ring (bicyclic) bond motifs is 1. The lowest BCUT2D eigenvalue weighted by Gasteiger charge is -2.21. The number of pyridine rings is 1. The molecule has 0 aliphatic rings. The van der Waals surface area contributed by atoms with Crippen molar-refractivity contribution in [1.82, 2.24) is 4.98 Å². The van der Waals surface area contributed by atoms with Crippen LogP contribution in [0.3, 0.4) is 0 Å². The molecule has 1 aromatic heterocycles. The van der Waals surface area contributed by atoms with Crippen molar-refractivity contribution >= 4 is 16.6 Å². The standard InChI is InChI=1S/C15H21N3O2/c1-9-11(8-16)15(18(2)3)10-6-13(19-4)14(20-5)7-12(10)17-9/h6-7H,8,16H2,1-5H3. The van der Waals surface area contributed by atoms with Crippen LogP contribution in [0.2, 0.25) is 0 Å². The molecule has 0 aliphatic heterocycles. The number of rotatable bonds is 4. The van der Waals surface area contributed by atoms with Gasteiger partial charge in [0.25, 0.3) is 0 Å². The van der Waals surface area contributed by atoms with Gasteiger partial charge in [-0.2, -0.15) is 0 Å². The number of aromatic nitrogens is 1. The number of aryl methyl sites for hydroxylation is 1. The van der Waals surface area contributed by atoms with Gasteiger partial charge in [-0.15, -0.1) is 0 Å². The van der Waals surface area contributed by atoms with Crippen LogP contribution in [0.4, 0.5) is 5.69 Å². The van der Waals surface area contributed by atoms with Crippen LogP contribution in [0.15, 0.2) is 12.1 Å². The molecule has 0 radical (unpaired) electrons. The fraction of sp³-hybridized carbons (Fsp3) is 0.400. The van der Waals surface area contributed by atoms with E-state index in [1.165, 1.54) is 0 Å². The molecule has 0 saturated carbocycles. The minimum absolute atomic E-state index is 0.455. The highest BCUT2D eigenvalue weighted by Crippen LogP contribution is 2.37. The van der Waals surface area contributed by atoms with Crippen molar-refractivity contribution in [3.8, 4) is 11.5 Å². The van der Waals surface area contributed by atoms with Crippen LogP contribution in [0.5, 0.6) is 11.5 Å². The summed E-state index contributed by atoms with van der Waals surface area (Å²) in [6.45, 7) is 2.43. The Balaban J connectivity index is 2.88. The molecule has 2 aromatic rings. The average Bonchev–Trinajstić information content (AvgIpc) is 2.43. The van der Waals surface area contributed by atoms with E-state index >= 15 is 0 Å². The smallest absolute Gasteiger partial charge is 0.162 e. The third kappa shape index (κ3) is 2.25. The molecule has 0 amide bonds. The number of hydrogen-bond acceptors (Lipinski definition) is 5. The highest BCUT2D eigenvalue weighted by Gasteiger charge is 2.16. The predicted octanol–water partition coefficient (Wildman–Crippen LogP) is 2.09. The Morgan fingerprint density at radius 3 is 2.25 bits per heavy atom. The lowest BCUT2D eigenvalue weighted by Crippen LogP contribution is -2.16. The van der Waals surface area contributed by atoms with Crippen molar-refractivity contribution in [1.29, 1.82) is 0 Å². The zero-order valence-corrected chi connectivity index (χ0v) is 12.7. The normalized spacial score (nSPS) is 10.7. The van der Waals surface area contributed by atoms with Gasteiger partial charge in [-0.1, -0.05) is 0 Å². The molecular weight excluding hydrogens is 254 g/mol. The summed E-state index contributed by atoms with van der Waals surface area (Å²) in [5.74, 6) is 1.37. The van der Waals surface area contributed by atoms with Gasteiger partial charge in [0.2, 0.25) is 0 Å². The van der Waals surface area contributed by atoms with E-state index in [0.29, 0.717) is 18.0 Å². The van der Waals surface area contributed by atoms with Crippen molar-refractivity contribution in [2.24, 2.45) is 5.73 Å². The summed E-state index contributed by atoms with van der Waals surface area (Å²) in [5, 5.41) is 1.01. The Labute approximate surface area is 119 Å². The molecule has 5 heteroatoms. The Bertz CT molecular complexity index is 639. The van der Waals surface area contributed by atoms with Crippen molar-refractivity contribution < 1.29 is 9.47 Å². The predicted molar refractivity (Wildman–Crippen MR) is 81.8 cm³/mol. The summed E-state index contributed by atoms with van der Waals surface area (Å²) < 4.78 is 10.7. The molecule has 0 fully saturated rings. The van der Waals surface area contributed by atoms with Crippen LogP contribution >= 0.6 is 0 Å². The lowest BCUT2D eigenvalue weighted by molar-refractivity contribution is 0.356. The van der Waals surface area contributed by atoms with E-state index in [0.717, 1.165) is 27.8 Å². The maximum absolute atomic E-state index is 5.88. The number of ether oxygens (including phenoxy) is 2. The lowest BCUT2D eigenvalue weighted by atomic mass is 10.0. The van der Waals surface area contributed by atoms with Gasteiger partial charge in [-0.25, -0.2) is 0 Å². The third-order valence-electron chi connectivity index (χ3n) is 3.42. The van der Waals surface area contributed by atoms with Crippen LogP contribution < -0.4 is 20.1 Å². The van der Waals surface area contributed by atoms with E-state index in [4.69, 9.17) is 15.2 Å². The fourth-order valence-corrected chi connectivity index (χ4v) is 2.49. The molecule has 1 aromatic carbocycles. The average molecular weight is 275 g/mol. The quantitative estimate of drug-likeness (QED) is 0.925. The Morgan fingerprint density at radius 2 is 1.75 bits per heavy atom. The second-order valence-electron chi connectivity index (χ2n) is 4.85. The van der Waals surface area contributed by atoms with Gasteiger partial charge in [-0.05, 0) is 13.0 Å². The second-order valence-corrected chi connectivity index (χ2v) is 4.85. The van der Waals surface area contributed by atoms with Crippen LogP contribution in [0.25, 0.3) is 10.9 Å². The SMILES string of the molecule is COc1cc2nc(C)c(CN)c(N(C)C)c2cc1OC. The van der Waals surface area contributed by atoms with Crippen molar-refractivity contribution in [3.05, 3.63) is 23.4 Å². The molecule has 0 unspecified atom stereocenters. The summed E-state index contributed by atoms with van der Waals surface area (Å²) in [6, 6.07) is 3.85. The van der Waals surface area contributed by atoms with Gasteiger partial charge in [-0.3, -0.25) is 4.98 Å². The van der Waals surface area contributed by atoms with E-state index in [1.54, 1.807) is 14.2 Å². The van der Waals surface area contributed by atoms with Crippen molar-refractivity contribution in [2.75, 3.05) is 33.2 Å². The molecule has 5 nitrogen and oxygen atoms in total. The van der Waals surface area contributed by atoms with Gasteiger partial charge in [0.15, 0.2) is 11.5 Å². The number of anilines is 1. The number of nitrogens with two attached hydrogens (primary N) is 1. The number of benzene rings is 1. The molecule has 2 rings (SSSR count). The molecule has 20 heavy (non-hydrogen) atoms. The number of nitrogens with zero attached hydrogens (tertiary/aromatic N) is 2. The minimum atomic E-state index is 0.455. The highest BCUT2D eigenvalue weighted by molar-refractivity contribution is 5.96. The molecule has 0 saturated heterocycles. The van der Waals surface area contributed by atoms with E-state index in [2.05, 4.69) is 9.88 Å². The Morgan fingerprint density at radius 1 is 1.15 bits per heavy atom. The third-order valence-corrected chi connectivity index (χ3v) is 3.42. The van der Waals surface area contributed by atoms with Crippen molar-refractivity contribution in [2.45, 2.75) is 13.5 Å². The number of methoxy groups -OCH3 is 2. The maximum atomic E-state index is 5.88. The first-order chi connectivity index (χ1) is 9.53. The molecule has 1 heterocycles. The first-order valence-electron chi connectivity index (χ1n) is 6.46. The molecule has 0 aliphatic carbocycles. The molecule has 0 atom stereocenters. The van der Waals surface area contributed by atoms with Crippen LogP contribution in [0, 0.1) is 6.92 Å². The van der Waals surface area contributed by atoms with E-state index < -0.39 is 0 Å². The second kappa shape index (κ2) is 5.54. The topological polar surface area (TPSA) is 60.6 Å². The van der Waals surface area contributed by atoms with E-state index in [9.17, 15) is 0 Å². The van der Waals surface area contributed by atoms with Crippen LogP contribution in [-0.2, 0) is 6.54 Å². The monoisotopic (exact) mass is 275 g/mol. The summed E-state index contributed by atoms with van der Waals surface area (Å²) in [6.07, 6.45) is 0. The zero-order valence-electron chi connectivity index (χ0n) is 12.7. The molecular formula is C15H21N3O2. The van der Waals surface area contributed by atoms with Crippen LogP contribution in [0.1, 0.15) is 11.3 Å². The molecule has 108 valence electrons. The van der Waals surface area contributed by atoms with Gasteiger partial charge in [0.1, 0.15) is 0 Å². The van der Waals surface area contributed by atoms with Gasteiger partial charge in [0.05, 0.1) is 25.4 Å². The summed E-state index contributed by atoms with van der Waals surface area (Å²) in [5.41, 5.74) is 9.83. The molecule has 2 N–H and O–H groups in total. The number of hydrogen-bond donors (Lipinski definition) is 1. The largest absolute Gasteiger partial charge is 0.493 e. The summed E-state index contributed by atoms with van der Waals surface area (Å²) in [4.78, 5) is 6.69. The molecule has 0 bridgehead atoms. The first kappa shape index (κ1) is 14.4. The van der Waals surface area contributed by atoms with E-state index in [1.807, 2.05) is 33.2 Å². The highest BCUT2D eigenvalue weighted by atomic mass is 16.5. The minimum Gasteiger partial charge on any atom is -0.493 e. The van der Waals surface area contributed by atoms with Crippen molar-refractivity contribution in [3.63, 3.8) is 0 Å². The Kier molecular flexibility index (Phi) is 3.99. The van der Waals surface area contributed by atoms with Crippen LogP contribution in [-0.4, -0.2) is 33.3 Å². The molecule has 0 spiro atoms. The summed E-state index contributed by atoms with van der Waals surface area (Å²) >= 11 is 0. The van der Waals surface area contributed by atoms with Gasteiger partial charge in [0, 0.05) is 43.4 Å². The first-order valence-corrected chi connectivity index (χ1v) is 6.46. The fourth-order valence-electron chi connectivity index (χ4n) is 2.49. The van der Waals surface area contributed by atoms with E-state index in [-0.39, 0.29) is 0 Å². The summed E-state index contributed by atoms with van der Waals surface area (Å²) in [7, 11) is 7.26. The van der Waals surface area contributed by atoms with Gasteiger partial charge < -0.3 is 20.1 Å². The van der Waals surface area contributed by atoms with Gasteiger partial charge >= 0.3 is 0 Å².